The fraction of sp³-hybridized carbons (Fsp3) is 0.933. The Morgan fingerprint density at radius 3 is 2.85 bits per heavy atom. The van der Waals surface area contributed by atoms with Crippen LogP contribution in [0.1, 0.15) is 40.5 Å². The molecule has 2 atom stereocenters. The lowest BCUT2D eigenvalue weighted by Crippen LogP contribution is -2.46. The smallest absolute Gasteiger partial charge is 0.317 e. The number of nitrogens with one attached hydrogen (secondary N) is 1. The van der Waals surface area contributed by atoms with Crippen LogP contribution in [0.15, 0.2) is 0 Å². The van der Waals surface area contributed by atoms with Crippen LogP contribution in [0.3, 0.4) is 0 Å². The topological polar surface area (TPSA) is 41.6 Å². The zero-order valence-corrected chi connectivity index (χ0v) is 14.2. The van der Waals surface area contributed by atoms with Gasteiger partial charge in [-0.15, -0.1) is 0 Å². The lowest BCUT2D eigenvalue weighted by molar-refractivity contribution is 0.0253. The largest absolute Gasteiger partial charge is 0.378 e. The van der Waals surface area contributed by atoms with E-state index in [9.17, 15) is 4.79 Å². The Balaban J connectivity index is 2.34. The molecule has 0 saturated carbocycles. The molecule has 1 saturated heterocycles. The molecular weight excluding hydrogens is 272 g/mol. The molecule has 0 radical (unpaired) electrons. The van der Waals surface area contributed by atoms with Gasteiger partial charge in [0.25, 0.3) is 0 Å². The minimum Gasteiger partial charge on any atom is -0.378 e. The normalized spacial score (nSPS) is 21.6. The molecule has 1 rings (SSSR count). The highest BCUT2D eigenvalue weighted by Gasteiger charge is 2.22. The first-order valence-corrected chi connectivity index (χ1v) is 8.95. The van der Waals surface area contributed by atoms with Gasteiger partial charge in [-0.05, 0) is 38.4 Å². The predicted octanol–water partition coefficient (Wildman–Crippen LogP) is 2.97. The Morgan fingerprint density at radius 1 is 1.45 bits per heavy atom. The second-order valence-electron chi connectivity index (χ2n) is 5.70. The minimum absolute atomic E-state index is 0.0824. The molecule has 1 aliphatic rings. The molecule has 1 N–H and O–H groups in total. The number of hydrogen-bond acceptors (Lipinski definition) is 3. The summed E-state index contributed by atoms with van der Waals surface area (Å²) in [7, 11) is 0. The van der Waals surface area contributed by atoms with Gasteiger partial charge in [0, 0.05) is 31.5 Å². The third kappa shape index (κ3) is 5.92. The number of carbonyl (C=O) groups excluding carboxylic acids is 1. The molecule has 0 aliphatic carbocycles. The van der Waals surface area contributed by atoms with Crippen molar-refractivity contribution in [3.8, 4) is 0 Å². The van der Waals surface area contributed by atoms with Crippen LogP contribution >= 0.6 is 11.8 Å². The second kappa shape index (κ2) is 9.50. The van der Waals surface area contributed by atoms with Gasteiger partial charge in [0.05, 0.1) is 6.10 Å². The van der Waals surface area contributed by atoms with Crippen molar-refractivity contribution in [2.24, 2.45) is 5.92 Å². The SMILES string of the molecule is CCO[C@H](CCNC(=O)N1CCSCC[C@@H]1C)C(C)C. The summed E-state index contributed by atoms with van der Waals surface area (Å²) in [6.45, 7) is 10.8. The van der Waals surface area contributed by atoms with Crippen molar-refractivity contribution < 1.29 is 9.53 Å². The molecule has 1 aliphatic heterocycles. The number of carbonyl (C=O) groups is 1. The first kappa shape index (κ1) is 17.6. The summed E-state index contributed by atoms with van der Waals surface area (Å²) in [5, 5.41) is 3.05. The highest BCUT2D eigenvalue weighted by molar-refractivity contribution is 7.99. The molecule has 4 nitrogen and oxygen atoms in total. The highest BCUT2D eigenvalue weighted by Crippen LogP contribution is 2.16. The maximum absolute atomic E-state index is 12.2. The summed E-state index contributed by atoms with van der Waals surface area (Å²) in [5.41, 5.74) is 0. The zero-order chi connectivity index (χ0) is 15.0. The molecule has 118 valence electrons. The van der Waals surface area contributed by atoms with E-state index in [2.05, 4.69) is 26.1 Å². The Bertz CT molecular complexity index is 287. The molecule has 1 fully saturated rings. The third-order valence-corrected chi connectivity index (χ3v) is 4.77. The summed E-state index contributed by atoms with van der Waals surface area (Å²) in [6, 6.07) is 0.428. The van der Waals surface area contributed by atoms with E-state index in [0.29, 0.717) is 18.5 Å². The van der Waals surface area contributed by atoms with Crippen molar-refractivity contribution in [3.63, 3.8) is 0 Å². The number of urea groups is 1. The van der Waals surface area contributed by atoms with Crippen molar-refractivity contribution >= 4 is 17.8 Å². The van der Waals surface area contributed by atoms with Crippen LogP contribution in [0.5, 0.6) is 0 Å². The summed E-state index contributed by atoms with van der Waals surface area (Å²) in [5.74, 6) is 2.69. The van der Waals surface area contributed by atoms with Crippen LogP contribution in [0.25, 0.3) is 0 Å². The van der Waals surface area contributed by atoms with E-state index in [4.69, 9.17) is 4.74 Å². The molecule has 2 amide bonds. The van der Waals surface area contributed by atoms with Gasteiger partial charge in [-0.3, -0.25) is 0 Å². The van der Waals surface area contributed by atoms with Crippen LogP contribution in [0, 0.1) is 5.92 Å². The number of ether oxygens (including phenoxy) is 1. The van der Waals surface area contributed by atoms with E-state index in [-0.39, 0.29) is 12.1 Å². The maximum atomic E-state index is 12.2. The van der Waals surface area contributed by atoms with Gasteiger partial charge >= 0.3 is 6.03 Å². The number of nitrogens with zero attached hydrogens (tertiary/aromatic N) is 1. The summed E-state index contributed by atoms with van der Waals surface area (Å²) >= 11 is 1.94. The first-order chi connectivity index (χ1) is 9.56. The Labute approximate surface area is 128 Å². The van der Waals surface area contributed by atoms with Gasteiger partial charge in [0.15, 0.2) is 0 Å². The number of hydrogen-bond donors (Lipinski definition) is 1. The van der Waals surface area contributed by atoms with E-state index in [1.54, 1.807) is 0 Å². The average molecular weight is 302 g/mol. The van der Waals surface area contributed by atoms with Crippen LogP contribution in [0.4, 0.5) is 4.79 Å². The quantitative estimate of drug-likeness (QED) is 0.820. The van der Waals surface area contributed by atoms with Crippen molar-refractivity contribution in [3.05, 3.63) is 0 Å². The molecule has 0 aromatic rings. The summed E-state index contributed by atoms with van der Waals surface area (Å²) < 4.78 is 5.70. The Morgan fingerprint density at radius 2 is 2.20 bits per heavy atom. The summed E-state index contributed by atoms with van der Waals surface area (Å²) in [4.78, 5) is 14.2. The monoisotopic (exact) mass is 302 g/mol. The second-order valence-corrected chi connectivity index (χ2v) is 6.93. The zero-order valence-electron chi connectivity index (χ0n) is 13.4. The van der Waals surface area contributed by atoms with Gasteiger partial charge in [0.2, 0.25) is 0 Å². The molecule has 0 spiro atoms. The molecule has 0 aromatic heterocycles. The van der Waals surface area contributed by atoms with E-state index in [0.717, 1.165) is 37.5 Å². The maximum Gasteiger partial charge on any atom is 0.317 e. The predicted molar refractivity (Wildman–Crippen MR) is 86.4 cm³/mol. The van der Waals surface area contributed by atoms with Crippen LogP contribution in [0.2, 0.25) is 0 Å². The fourth-order valence-electron chi connectivity index (χ4n) is 2.44. The van der Waals surface area contributed by atoms with Gasteiger partial charge in [-0.25, -0.2) is 4.79 Å². The van der Waals surface area contributed by atoms with Crippen molar-refractivity contribution in [2.75, 3.05) is 31.2 Å². The van der Waals surface area contributed by atoms with Crippen molar-refractivity contribution in [1.29, 1.82) is 0 Å². The lowest BCUT2D eigenvalue weighted by Gasteiger charge is -2.28. The van der Waals surface area contributed by atoms with Crippen LogP contribution in [-0.2, 0) is 4.74 Å². The number of amides is 2. The van der Waals surface area contributed by atoms with Crippen LogP contribution < -0.4 is 5.32 Å². The lowest BCUT2D eigenvalue weighted by atomic mass is 10.0. The third-order valence-electron chi connectivity index (χ3n) is 3.78. The van der Waals surface area contributed by atoms with Crippen molar-refractivity contribution in [1.82, 2.24) is 10.2 Å². The molecule has 5 heteroatoms. The minimum atomic E-state index is 0.0824. The molecule has 0 bridgehead atoms. The number of thioether (sulfide) groups is 1. The van der Waals surface area contributed by atoms with Gasteiger partial charge < -0.3 is 15.0 Å². The van der Waals surface area contributed by atoms with Gasteiger partial charge in [-0.1, -0.05) is 13.8 Å². The molecule has 20 heavy (non-hydrogen) atoms. The van der Waals surface area contributed by atoms with E-state index >= 15 is 0 Å². The van der Waals surface area contributed by atoms with Gasteiger partial charge in [0.1, 0.15) is 0 Å². The Hall–Kier alpha value is -0.420. The van der Waals surface area contributed by atoms with E-state index in [1.807, 2.05) is 23.6 Å². The Kier molecular flexibility index (Phi) is 8.38. The first-order valence-electron chi connectivity index (χ1n) is 7.80. The fourth-order valence-corrected chi connectivity index (χ4v) is 3.48. The highest BCUT2D eigenvalue weighted by atomic mass is 32.2. The average Bonchev–Trinajstić information content (AvgIpc) is 2.62. The molecule has 1 heterocycles. The molecule has 0 unspecified atom stereocenters. The molecule has 0 aromatic carbocycles. The summed E-state index contributed by atoms with van der Waals surface area (Å²) in [6.07, 6.45) is 2.21. The van der Waals surface area contributed by atoms with Crippen molar-refractivity contribution in [2.45, 2.75) is 52.7 Å². The van der Waals surface area contributed by atoms with E-state index in [1.165, 1.54) is 0 Å². The number of rotatable bonds is 6. The molecular formula is C15H30N2O2S. The standard InChI is InChI=1S/C15H30N2O2S/c1-5-19-14(12(2)3)6-8-16-15(18)17-9-11-20-10-7-13(17)4/h12-14H,5-11H2,1-4H3,(H,16,18)/t13-,14+/m0/s1. The van der Waals surface area contributed by atoms with Crippen LogP contribution in [-0.4, -0.2) is 54.3 Å². The van der Waals surface area contributed by atoms with Gasteiger partial charge in [-0.2, -0.15) is 11.8 Å². The van der Waals surface area contributed by atoms with E-state index < -0.39 is 0 Å².